The second kappa shape index (κ2) is 7.04. The minimum absolute atomic E-state index is 0.128. The quantitative estimate of drug-likeness (QED) is 0.766. The van der Waals surface area contributed by atoms with E-state index in [9.17, 15) is 18.0 Å². The molecule has 2 heterocycles. The van der Waals surface area contributed by atoms with Gasteiger partial charge in [-0.05, 0) is 12.1 Å². The lowest BCUT2D eigenvalue weighted by atomic mass is 10.4. The lowest BCUT2D eigenvalue weighted by Gasteiger charge is -2.23. The number of halogens is 3. The standard InChI is InChI=1S/C14H15F3N4O2S/c1-4-7-20(2)13(22)21(3)8-9-5-6-10(24-9)11-18-12(23-19-11)14(15,16)17/h4-6H,1,7-8H2,2-3H3. The van der Waals surface area contributed by atoms with Crippen LogP contribution in [-0.4, -0.2) is 46.6 Å². The van der Waals surface area contributed by atoms with Crippen molar-refractivity contribution in [3.05, 3.63) is 35.6 Å². The average molecular weight is 360 g/mol. The molecule has 0 spiro atoms. The number of hydrogen-bond acceptors (Lipinski definition) is 5. The molecular formula is C14H15F3N4O2S. The summed E-state index contributed by atoms with van der Waals surface area (Å²) in [5, 5.41) is 3.34. The maximum atomic E-state index is 12.5. The maximum Gasteiger partial charge on any atom is 0.471 e. The van der Waals surface area contributed by atoms with Crippen LogP contribution in [0.1, 0.15) is 10.8 Å². The van der Waals surface area contributed by atoms with Crippen molar-refractivity contribution in [1.82, 2.24) is 19.9 Å². The van der Waals surface area contributed by atoms with Gasteiger partial charge in [0.15, 0.2) is 0 Å². The van der Waals surface area contributed by atoms with Gasteiger partial charge in [-0.15, -0.1) is 17.9 Å². The monoisotopic (exact) mass is 360 g/mol. The number of hydrogen-bond donors (Lipinski definition) is 0. The van der Waals surface area contributed by atoms with Gasteiger partial charge >= 0.3 is 18.1 Å². The lowest BCUT2D eigenvalue weighted by Crippen LogP contribution is -2.38. The molecule has 6 nitrogen and oxygen atoms in total. The van der Waals surface area contributed by atoms with E-state index in [1.54, 1.807) is 32.3 Å². The second-order valence-corrected chi connectivity index (χ2v) is 6.16. The second-order valence-electron chi connectivity index (χ2n) is 4.99. The summed E-state index contributed by atoms with van der Waals surface area (Å²) < 4.78 is 41.6. The average Bonchev–Trinajstić information content (AvgIpc) is 3.14. The Morgan fingerprint density at radius 2 is 2.08 bits per heavy atom. The third-order valence-corrected chi connectivity index (χ3v) is 4.07. The molecule has 0 aliphatic heterocycles. The number of amides is 2. The highest BCUT2D eigenvalue weighted by molar-refractivity contribution is 7.15. The van der Waals surface area contributed by atoms with Crippen LogP contribution in [0.2, 0.25) is 0 Å². The lowest BCUT2D eigenvalue weighted by molar-refractivity contribution is -0.159. The van der Waals surface area contributed by atoms with Crippen molar-refractivity contribution >= 4 is 17.4 Å². The van der Waals surface area contributed by atoms with Crippen LogP contribution in [0.3, 0.4) is 0 Å². The topological polar surface area (TPSA) is 62.5 Å². The van der Waals surface area contributed by atoms with Crippen LogP contribution in [0.15, 0.2) is 29.3 Å². The van der Waals surface area contributed by atoms with E-state index in [-0.39, 0.29) is 11.9 Å². The molecule has 10 heteroatoms. The minimum Gasteiger partial charge on any atom is -0.329 e. The number of urea groups is 1. The van der Waals surface area contributed by atoms with Crippen molar-refractivity contribution in [3.8, 4) is 10.7 Å². The predicted molar refractivity (Wildman–Crippen MR) is 82.3 cm³/mol. The number of nitrogens with zero attached hydrogens (tertiary/aromatic N) is 4. The summed E-state index contributed by atoms with van der Waals surface area (Å²) >= 11 is 1.20. The Hall–Kier alpha value is -2.36. The highest BCUT2D eigenvalue weighted by Crippen LogP contribution is 2.31. The number of carbonyl (C=O) groups is 1. The molecule has 2 aromatic heterocycles. The zero-order valence-electron chi connectivity index (χ0n) is 13.0. The summed E-state index contributed by atoms with van der Waals surface area (Å²) in [6.07, 6.45) is -3.06. The van der Waals surface area contributed by atoms with Crippen LogP contribution < -0.4 is 0 Å². The normalized spacial score (nSPS) is 11.4. The number of likely N-dealkylation sites (N-methyl/N-ethyl adjacent to an activating group) is 1. The molecule has 0 bridgehead atoms. The Bertz CT molecular complexity index is 726. The van der Waals surface area contributed by atoms with Gasteiger partial charge in [0.05, 0.1) is 11.4 Å². The van der Waals surface area contributed by atoms with Crippen LogP contribution in [0.25, 0.3) is 10.7 Å². The zero-order chi connectivity index (χ0) is 17.9. The molecule has 130 valence electrons. The van der Waals surface area contributed by atoms with Crippen molar-refractivity contribution in [1.29, 1.82) is 0 Å². The van der Waals surface area contributed by atoms with E-state index in [2.05, 4.69) is 21.2 Å². The first-order chi connectivity index (χ1) is 11.2. The molecular weight excluding hydrogens is 345 g/mol. The van der Waals surface area contributed by atoms with Gasteiger partial charge in [-0.1, -0.05) is 11.2 Å². The van der Waals surface area contributed by atoms with Gasteiger partial charge in [-0.25, -0.2) is 4.79 Å². The molecule has 0 atom stereocenters. The Morgan fingerprint density at radius 1 is 1.38 bits per heavy atom. The molecule has 0 unspecified atom stereocenters. The van der Waals surface area contributed by atoms with Crippen molar-refractivity contribution < 1.29 is 22.5 Å². The SMILES string of the molecule is C=CCN(C)C(=O)N(C)Cc1ccc(-c2noc(C(F)(F)F)n2)s1. The van der Waals surface area contributed by atoms with Gasteiger partial charge in [0.2, 0.25) is 5.82 Å². The summed E-state index contributed by atoms with van der Waals surface area (Å²) in [7, 11) is 3.29. The highest BCUT2D eigenvalue weighted by atomic mass is 32.1. The molecule has 0 radical (unpaired) electrons. The fourth-order valence-corrected chi connectivity index (χ4v) is 2.87. The van der Waals surface area contributed by atoms with E-state index in [1.807, 2.05) is 0 Å². The number of carbonyl (C=O) groups excluding carboxylic acids is 1. The summed E-state index contributed by atoms with van der Waals surface area (Å²) in [5.41, 5.74) is 0. The number of alkyl halides is 3. The number of aromatic nitrogens is 2. The summed E-state index contributed by atoms with van der Waals surface area (Å²) in [4.78, 5) is 19.6. The van der Waals surface area contributed by atoms with E-state index in [0.717, 1.165) is 4.88 Å². The first kappa shape index (κ1) is 18.0. The molecule has 0 saturated heterocycles. The first-order valence-corrected chi connectivity index (χ1v) is 7.61. The van der Waals surface area contributed by atoms with Gasteiger partial charge in [-0.2, -0.15) is 18.2 Å². The van der Waals surface area contributed by atoms with Gasteiger partial charge in [0, 0.05) is 25.5 Å². The van der Waals surface area contributed by atoms with E-state index >= 15 is 0 Å². The minimum atomic E-state index is -4.67. The molecule has 2 rings (SSSR count). The van der Waals surface area contributed by atoms with Crippen LogP contribution in [-0.2, 0) is 12.7 Å². The largest absolute Gasteiger partial charge is 0.471 e. The number of thiophene rings is 1. The third kappa shape index (κ3) is 4.13. The molecule has 0 N–H and O–H groups in total. The Balaban J connectivity index is 2.07. The Morgan fingerprint density at radius 3 is 2.67 bits per heavy atom. The van der Waals surface area contributed by atoms with Crippen LogP contribution >= 0.6 is 11.3 Å². The molecule has 24 heavy (non-hydrogen) atoms. The van der Waals surface area contributed by atoms with Gasteiger partial charge in [0.1, 0.15) is 0 Å². The smallest absolute Gasteiger partial charge is 0.329 e. The molecule has 2 amide bonds. The van der Waals surface area contributed by atoms with Gasteiger partial charge in [0.25, 0.3) is 0 Å². The number of rotatable bonds is 5. The van der Waals surface area contributed by atoms with Crippen LogP contribution in [0.4, 0.5) is 18.0 Å². The van der Waals surface area contributed by atoms with Crippen molar-refractivity contribution in [3.63, 3.8) is 0 Å². The van der Waals surface area contributed by atoms with E-state index in [4.69, 9.17) is 0 Å². The molecule has 0 aliphatic carbocycles. The Labute approximate surface area is 140 Å². The maximum absolute atomic E-state index is 12.5. The summed E-state index contributed by atoms with van der Waals surface area (Å²) in [5.74, 6) is -1.51. The van der Waals surface area contributed by atoms with Gasteiger partial charge in [-0.3, -0.25) is 0 Å². The van der Waals surface area contributed by atoms with Crippen molar-refractivity contribution in [2.45, 2.75) is 12.7 Å². The molecule has 0 aromatic carbocycles. The van der Waals surface area contributed by atoms with Crippen LogP contribution in [0.5, 0.6) is 0 Å². The molecule has 0 fully saturated rings. The van der Waals surface area contributed by atoms with Crippen molar-refractivity contribution in [2.75, 3.05) is 20.6 Å². The first-order valence-electron chi connectivity index (χ1n) is 6.79. The Kier molecular flexibility index (Phi) is 5.27. The highest BCUT2D eigenvalue weighted by Gasteiger charge is 2.38. The van der Waals surface area contributed by atoms with E-state index < -0.39 is 12.1 Å². The van der Waals surface area contributed by atoms with Gasteiger partial charge < -0.3 is 14.3 Å². The summed E-state index contributed by atoms with van der Waals surface area (Å²) in [6, 6.07) is 3.11. The molecule has 2 aromatic rings. The van der Waals surface area contributed by atoms with E-state index in [0.29, 0.717) is 18.0 Å². The van der Waals surface area contributed by atoms with Crippen LogP contribution in [0, 0.1) is 0 Å². The fraction of sp³-hybridized carbons (Fsp3) is 0.357. The molecule has 0 aliphatic rings. The zero-order valence-corrected chi connectivity index (χ0v) is 13.8. The van der Waals surface area contributed by atoms with E-state index in [1.165, 1.54) is 21.1 Å². The molecule has 0 saturated carbocycles. The third-order valence-electron chi connectivity index (χ3n) is 3.00. The van der Waals surface area contributed by atoms with Crippen molar-refractivity contribution in [2.24, 2.45) is 0 Å². The summed E-state index contributed by atoms with van der Waals surface area (Å²) in [6.45, 7) is 4.30. The fourth-order valence-electron chi connectivity index (χ4n) is 1.89. The predicted octanol–water partition coefficient (Wildman–Crippen LogP) is 3.49.